The number of fused-ring (bicyclic) bond motifs is 1. The van der Waals surface area contributed by atoms with Gasteiger partial charge in [-0.1, -0.05) is 42.5 Å². The van der Waals surface area contributed by atoms with Crippen molar-refractivity contribution in [2.75, 3.05) is 6.54 Å². The lowest BCUT2D eigenvalue weighted by Crippen LogP contribution is -2.29. The van der Waals surface area contributed by atoms with E-state index in [9.17, 15) is 9.59 Å². The minimum Gasteiger partial charge on any atom is -0.481 e. The van der Waals surface area contributed by atoms with Gasteiger partial charge in [-0.2, -0.15) is 0 Å². The van der Waals surface area contributed by atoms with E-state index in [1.54, 1.807) is 4.90 Å². The fourth-order valence-electron chi connectivity index (χ4n) is 3.05. The minimum absolute atomic E-state index is 0.0807. The van der Waals surface area contributed by atoms with Crippen molar-refractivity contribution in [2.24, 2.45) is 5.92 Å². The highest BCUT2D eigenvalue weighted by Crippen LogP contribution is 2.32. The molecule has 0 radical (unpaired) electrons. The molecule has 2 aromatic carbocycles. The van der Waals surface area contributed by atoms with Crippen molar-refractivity contribution < 1.29 is 14.7 Å². The van der Waals surface area contributed by atoms with Crippen molar-refractivity contribution >= 4 is 22.6 Å². The molecule has 108 valence electrons. The second-order valence-electron chi connectivity index (χ2n) is 5.53. The van der Waals surface area contributed by atoms with Crippen LogP contribution in [-0.2, 0) is 9.59 Å². The number of amides is 1. The van der Waals surface area contributed by atoms with Gasteiger partial charge in [-0.05, 0) is 23.3 Å². The van der Waals surface area contributed by atoms with Crippen LogP contribution in [0.2, 0.25) is 0 Å². The summed E-state index contributed by atoms with van der Waals surface area (Å²) < 4.78 is 0. The molecule has 1 fully saturated rings. The van der Waals surface area contributed by atoms with Gasteiger partial charge in [-0.15, -0.1) is 0 Å². The van der Waals surface area contributed by atoms with Gasteiger partial charge in [0.15, 0.2) is 0 Å². The molecule has 0 aromatic heterocycles. The van der Waals surface area contributed by atoms with Gasteiger partial charge in [-0.3, -0.25) is 9.59 Å². The first-order valence-corrected chi connectivity index (χ1v) is 7.08. The van der Waals surface area contributed by atoms with Crippen LogP contribution < -0.4 is 0 Å². The average molecular weight is 283 g/mol. The Morgan fingerprint density at radius 3 is 2.67 bits per heavy atom. The molecule has 1 heterocycles. The third-order valence-corrected chi connectivity index (χ3v) is 4.25. The van der Waals surface area contributed by atoms with Crippen LogP contribution in [-0.4, -0.2) is 28.4 Å². The average Bonchev–Trinajstić information content (AvgIpc) is 2.88. The Morgan fingerprint density at radius 2 is 1.95 bits per heavy atom. The van der Waals surface area contributed by atoms with Crippen molar-refractivity contribution in [3.8, 4) is 0 Å². The van der Waals surface area contributed by atoms with Gasteiger partial charge in [0.05, 0.1) is 12.0 Å². The molecule has 2 atom stereocenters. The van der Waals surface area contributed by atoms with Gasteiger partial charge < -0.3 is 10.0 Å². The van der Waals surface area contributed by atoms with Crippen LogP contribution in [0.1, 0.15) is 24.9 Å². The number of carboxylic acid groups (broad SMARTS) is 1. The van der Waals surface area contributed by atoms with Crippen molar-refractivity contribution in [1.29, 1.82) is 0 Å². The molecule has 0 saturated carbocycles. The summed E-state index contributed by atoms with van der Waals surface area (Å²) >= 11 is 0. The van der Waals surface area contributed by atoms with E-state index in [1.807, 2.05) is 49.4 Å². The molecule has 3 rings (SSSR count). The number of carbonyl (C=O) groups is 2. The van der Waals surface area contributed by atoms with E-state index in [4.69, 9.17) is 5.11 Å². The fraction of sp³-hybridized carbons (Fsp3) is 0.294. The molecule has 0 bridgehead atoms. The summed E-state index contributed by atoms with van der Waals surface area (Å²) in [5.41, 5.74) is 1.06. The van der Waals surface area contributed by atoms with E-state index in [0.717, 1.165) is 16.3 Å². The highest BCUT2D eigenvalue weighted by Gasteiger charge is 2.37. The molecule has 1 saturated heterocycles. The largest absolute Gasteiger partial charge is 0.481 e. The zero-order chi connectivity index (χ0) is 15.0. The predicted octanol–water partition coefficient (Wildman–Crippen LogP) is 2.83. The molecule has 1 aliphatic heterocycles. The van der Waals surface area contributed by atoms with Crippen molar-refractivity contribution in [3.05, 3.63) is 48.0 Å². The third-order valence-electron chi connectivity index (χ3n) is 4.25. The van der Waals surface area contributed by atoms with Crippen molar-refractivity contribution in [1.82, 2.24) is 4.90 Å². The number of aliphatic carboxylic acids is 1. The molecule has 2 unspecified atom stereocenters. The van der Waals surface area contributed by atoms with Gasteiger partial charge in [0.1, 0.15) is 0 Å². The topological polar surface area (TPSA) is 57.6 Å². The molecule has 0 spiro atoms. The molecule has 1 N–H and O–H groups in total. The van der Waals surface area contributed by atoms with Crippen LogP contribution >= 0.6 is 0 Å². The molecule has 0 aliphatic carbocycles. The Kier molecular flexibility index (Phi) is 3.37. The number of hydrogen-bond donors (Lipinski definition) is 1. The summed E-state index contributed by atoms with van der Waals surface area (Å²) in [5, 5.41) is 11.3. The predicted molar refractivity (Wildman–Crippen MR) is 79.8 cm³/mol. The first-order chi connectivity index (χ1) is 10.1. The first-order valence-electron chi connectivity index (χ1n) is 7.08. The SMILES string of the molecule is CC(c1cccc2ccccc12)N1CC(C(=O)O)CC1=O. The van der Waals surface area contributed by atoms with E-state index >= 15 is 0 Å². The number of benzene rings is 2. The summed E-state index contributed by atoms with van der Waals surface area (Å²) in [6.07, 6.45) is 0.102. The van der Waals surface area contributed by atoms with E-state index in [-0.39, 0.29) is 18.4 Å². The summed E-state index contributed by atoms with van der Waals surface area (Å²) in [5.74, 6) is -1.56. The molecule has 4 heteroatoms. The van der Waals surface area contributed by atoms with E-state index in [1.165, 1.54) is 0 Å². The molecule has 21 heavy (non-hydrogen) atoms. The second kappa shape index (κ2) is 5.20. The molecule has 4 nitrogen and oxygen atoms in total. The van der Waals surface area contributed by atoms with Gasteiger partial charge in [0, 0.05) is 13.0 Å². The molecule has 2 aromatic rings. The Bertz CT molecular complexity index is 705. The standard InChI is InChI=1S/C17H17NO3/c1-11(18-10-13(17(20)21)9-16(18)19)14-8-4-6-12-5-2-3-7-15(12)14/h2-8,11,13H,9-10H2,1H3,(H,20,21). The summed E-state index contributed by atoms with van der Waals surface area (Å²) in [7, 11) is 0. The maximum atomic E-state index is 12.1. The van der Waals surface area contributed by atoms with Gasteiger partial charge in [0.2, 0.25) is 5.91 Å². The number of nitrogens with zero attached hydrogens (tertiary/aromatic N) is 1. The Labute approximate surface area is 123 Å². The van der Waals surface area contributed by atoms with Crippen LogP contribution in [0.15, 0.2) is 42.5 Å². The lowest BCUT2D eigenvalue weighted by molar-refractivity contribution is -0.141. The Balaban J connectivity index is 1.96. The number of hydrogen-bond acceptors (Lipinski definition) is 2. The maximum absolute atomic E-state index is 12.1. The summed E-state index contributed by atoms with van der Waals surface area (Å²) in [4.78, 5) is 24.9. The molecular weight excluding hydrogens is 266 g/mol. The zero-order valence-corrected chi connectivity index (χ0v) is 11.8. The smallest absolute Gasteiger partial charge is 0.308 e. The van der Waals surface area contributed by atoms with E-state index < -0.39 is 11.9 Å². The normalized spacial score (nSPS) is 20.0. The van der Waals surface area contributed by atoms with Gasteiger partial charge >= 0.3 is 5.97 Å². The Hall–Kier alpha value is -2.36. The molecule has 1 aliphatic rings. The van der Waals surface area contributed by atoms with Crippen molar-refractivity contribution in [3.63, 3.8) is 0 Å². The highest BCUT2D eigenvalue weighted by atomic mass is 16.4. The summed E-state index contributed by atoms with van der Waals surface area (Å²) in [6.45, 7) is 2.25. The number of likely N-dealkylation sites (tertiary alicyclic amines) is 1. The number of rotatable bonds is 3. The van der Waals surface area contributed by atoms with Gasteiger partial charge in [0.25, 0.3) is 0 Å². The summed E-state index contributed by atoms with van der Waals surface area (Å²) in [6, 6.07) is 13.9. The van der Waals surface area contributed by atoms with Crippen molar-refractivity contribution in [2.45, 2.75) is 19.4 Å². The Morgan fingerprint density at radius 1 is 1.24 bits per heavy atom. The van der Waals surface area contributed by atoms with Crippen LogP contribution in [0.25, 0.3) is 10.8 Å². The minimum atomic E-state index is -0.893. The zero-order valence-electron chi connectivity index (χ0n) is 11.8. The monoisotopic (exact) mass is 283 g/mol. The molecular formula is C17H17NO3. The first kappa shape index (κ1) is 13.6. The third kappa shape index (κ3) is 2.37. The van der Waals surface area contributed by atoms with Crippen LogP contribution in [0.4, 0.5) is 0 Å². The number of carboxylic acids is 1. The maximum Gasteiger partial charge on any atom is 0.308 e. The van der Waals surface area contributed by atoms with Crippen LogP contribution in [0.5, 0.6) is 0 Å². The lowest BCUT2D eigenvalue weighted by Gasteiger charge is -2.26. The van der Waals surface area contributed by atoms with E-state index in [2.05, 4.69) is 0 Å². The van der Waals surface area contributed by atoms with E-state index in [0.29, 0.717) is 6.54 Å². The second-order valence-corrected chi connectivity index (χ2v) is 5.53. The van der Waals surface area contributed by atoms with Crippen LogP contribution in [0, 0.1) is 5.92 Å². The number of carbonyl (C=O) groups excluding carboxylic acids is 1. The fourth-order valence-corrected chi connectivity index (χ4v) is 3.05. The van der Waals surface area contributed by atoms with Crippen LogP contribution in [0.3, 0.4) is 0 Å². The molecule has 1 amide bonds. The highest BCUT2D eigenvalue weighted by molar-refractivity contribution is 5.89. The quantitative estimate of drug-likeness (QED) is 0.942. The lowest BCUT2D eigenvalue weighted by atomic mass is 9.99. The van der Waals surface area contributed by atoms with Gasteiger partial charge in [-0.25, -0.2) is 0 Å².